The summed E-state index contributed by atoms with van der Waals surface area (Å²) in [4.78, 5) is 50.6. The number of carbonyl (C=O) groups is 1. The van der Waals surface area contributed by atoms with Crippen LogP contribution in [-0.2, 0) is 36.7 Å². The maximum Gasteiger partial charge on any atom is 0.332 e. The zero-order valence-electron chi connectivity index (χ0n) is 20.5. The van der Waals surface area contributed by atoms with Gasteiger partial charge in [0.15, 0.2) is 22.0 Å². The average Bonchev–Trinajstić information content (AvgIpc) is 3.46. The minimum absolute atomic E-state index is 0.114. The van der Waals surface area contributed by atoms with E-state index in [9.17, 15) is 14.4 Å². The van der Waals surface area contributed by atoms with Crippen molar-refractivity contribution in [3.05, 3.63) is 33.4 Å². The highest BCUT2D eigenvalue weighted by atomic mass is 32.2. The molecule has 0 fully saturated rings. The van der Waals surface area contributed by atoms with E-state index >= 15 is 0 Å². The number of anilines is 1. The van der Waals surface area contributed by atoms with Crippen LogP contribution in [0.3, 0.4) is 0 Å². The third kappa shape index (κ3) is 4.97. The minimum atomic E-state index is -0.503. The van der Waals surface area contributed by atoms with Gasteiger partial charge in [-0.15, -0.1) is 0 Å². The smallest absolute Gasteiger partial charge is 0.332 e. The molecule has 0 aromatic carbocycles. The monoisotopic (exact) mass is 516 g/mol. The number of aromatic nitrogens is 8. The zero-order chi connectivity index (χ0) is 25.8. The Bertz CT molecular complexity index is 1520. The summed E-state index contributed by atoms with van der Waals surface area (Å²) < 4.78 is 10.5. The Morgan fingerprint density at radius 1 is 1.14 bits per heavy atom. The highest BCUT2D eigenvalue weighted by Gasteiger charge is 2.17. The molecule has 0 saturated heterocycles. The van der Waals surface area contributed by atoms with Crippen LogP contribution < -0.4 is 21.9 Å². The van der Waals surface area contributed by atoms with Crippen LogP contribution in [0.1, 0.15) is 6.92 Å². The SMILES string of the molecule is CCSc1nc(NCCOC)c2cnn(CCNC(=O)Cn3cnc4c3c(=O)n(C)c(=O)n4C)c2n1. The maximum atomic E-state index is 12.6. The Morgan fingerprint density at radius 2 is 1.94 bits per heavy atom. The lowest BCUT2D eigenvalue weighted by molar-refractivity contribution is -0.121. The van der Waals surface area contributed by atoms with Crippen molar-refractivity contribution in [2.24, 2.45) is 14.1 Å². The van der Waals surface area contributed by atoms with Gasteiger partial charge in [-0.05, 0) is 5.75 Å². The quantitative estimate of drug-likeness (QED) is 0.152. The predicted octanol–water partition coefficient (Wildman–Crippen LogP) is -0.440. The summed E-state index contributed by atoms with van der Waals surface area (Å²) in [7, 11) is 4.56. The van der Waals surface area contributed by atoms with Gasteiger partial charge in [-0.2, -0.15) is 5.10 Å². The molecule has 0 aliphatic heterocycles. The molecule has 4 heterocycles. The van der Waals surface area contributed by atoms with Crippen molar-refractivity contribution in [1.29, 1.82) is 0 Å². The number of imidazole rings is 1. The molecule has 0 spiro atoms. The van der Waals surface area contributed by atoms with Gasteiger partial charge in [-0.25, -0.2) is 24.4 Å². The van der Waals surface area contributed by atoms with Crippen LogP contribution in [0.15, 0.2) is 27.3 Å². The molecule has 0 aliphatic carbocycles. The molecule has 4 aromatic heterocycles. The number of hydrogen-bond acceptors (Lipinski definition) is 10. The fourth-order valence-electron chi connectivity index (χ4n) is 3.73. The van der Waals surface area contributed by atoms with Crippen molar-refractivity contribution in [2.45, 2.75) is 25.2 Å². The zero-order valence-corrected chi connectivity index (χ0v) is 21.3. The second kappa shape index (κ2) is 10.9. The van der Waals surface area contributed by atoms with Gasteiger partial charge in [0.05, 0.1) is 31.1 Å². The summed E-state index contributed by atoms with van der Waals surface area (Å²) in [5, 5.41) is 11.9. The van der Waals surface area contributed by atoms with Crippen molar-refractivity contribution in [3.63, 3.8) is 0 Å². The third-order valence-corrected chi connectivity index (χ3v) is 6.25. The molecule has 0 atom stereocenters. The molecule has 36 heavy (non-hydrogen) atoms. The molecule has 0 bridgehead atoms. The highest BCUT2D eigenvalue weighted by molar-refractivity contribution is 7.99. The van der Waals surface area contributed by atoms with Gasteiger partial charge in [0.2, 0.25) is 5.91 Å². The van der Waals surface area contributed by atoms with Crippen LogP contribution >= 0.6 is 11.8 Å². The average molecular weight is 517 g/mol. The van der Waals surface area contributed by atoms with Gasteiger partial charge in [0, 0.05) is 34.3 Å². The Morgan fingerprint density at radius 3 is 2.69 bits per heavy atom. The molecule has 4 rings (SSSR count). The first-order valence-corrected chi connectivity index (χ1v) is 12.3. The molecule has 1 amide bonds. The van der Waals surface area contributed by atoms with E-state index in [1.807, 2.05) is 6.92 Å². The van der Waals surface area contributed by atoms with Crippen molar-refractivity contribution in [1.82, 2.24) is 43.8 Å². The van der Waals surface area contributed by atoms with Crippen molar-refractivity contribution in [3.8, 4) is 0 Å². The standard InChI is InChI=1S/C21H28N10O4S/c1-5-36-20-26-16(23-7-9-35-4)13-10-25-31(17(13)27-20)8-6-22-14(32)11-30-12-24-18-15(30)19(33)29(3)21(34)28(18)2/h10,12H,5-9,11H2,1-4H3,(H,22,32)(H,23,26,27). The number of rotatable bonds is 11. The van der Waals surface area contributed by atoms with Gasteiger partial charge in [-0.1, -0.05) is 18.7 Å². The van der Waals surface area contributed by atoms with Crippen LogP contribution in [0.4, 0.5) is 5.82 Å². The molecule has 192 valence electrons. The van der Waals surface area contributed by atoms with Crippen molar-refractivity contribution in [2.75, 3.05) is 37.9 Å². The lowest BCUT2D eigenvalue weighted by Gasteiger charge is -2.10. The Balaban J connectivity index is 1.46. The van der Waals surface area contributed by atoms with Crippen LogP contribution in [0.5, 0.6) is 0 Å². The number of carbonyl (C=O) groups excluding carboxylic acids is 1. The molecule has 2 N–H and O–H groups in total. The molecule has 0 saturated carbocycles. The molecule has 0 aliphatic rings. The van der Waals surface area contributed by atoms with E-state index in [0.29, 0.717) is 42.9 Å². The maximum absolute atomic E-state index is 12.6. The minimum Gasteiger partial charge on any atom is -0.383 e. The molecule has 4 aromatic rings. The Labute approximate surface area is 209 Å². The molecular formula is C21H28N10O4S. The van der Waals surface area contributed by atoms with E-state index in [0.717, 1.165) is 15.7 Å². The normalized spacial score (nSPS) is 11.4. The molecule has 0 unspecified atom stereocenters. The second-order valence-electron chi connectivity index (χ2n) is 7.91. The van der Waals surface area contributed by atoms with E-state index in [-0.39, 0.29) is 23.6 Å². The summed E-state index contributed by atoms with van der Waals surface area (Å²) in [6.07, 6.45) is 3.08. The summed E-state index contributed by atoms with van der Waals surface area (Å²) in [6, 6.07) is 0. The van der Waals surface area contributed by atoms with E-state index in [4.69, 9.17) is 4.74 Å². The topological polar surface area (TPSA) is 156 Å². The summed E-state index contributed by atoms with van der Waals surface area (Å²) in [5.74, 6) is 1.21. The first-order chi connectivity index (χ1) is 17.3. The van der Waals surface area contributed by atoms with Crippen LogP contribution in [0, 0.1) is 0 Å². The summed E-state index contributed by atoms with van der Waals surface area (Å²) in [6.45, 7) is 3.74. The predicted molar refractivity (Wildman–Crippen MR) is 135 cm³/mol. The lowest BCUT2D eigenvalue weighted by atomic mass is 10.4. The fraction of sp³-hybridized carbons (Fsp3) is 0.476. The lowest BCUT2D eigenvalue weighted by Crippen LogP contribution is -2.38. The second-order valence-corrected chi connectivity index (χ2v) is 9.14. The number of fused-ring (bicyclic) bond motifs is 2. The summed E-state index contributed by atoms with van der Waals surface area (Å²) in [5.41, 5.74) is 0.111. The first kappa shape index (κ1) is 25.4. The van der Waals surface area contributed by atoms with Gasteiger partial charge >= 0.3 is 5.69 Å². The number of methoxy groups -OCH3 is 1. The van der Waals surface area contributed by atoms with Gasteiger partial charge in [-0.3, -0.25) is 18.7 Å². The van der Waals surface area contributed by atoms with E-state index in [1.54, 1.807) is 18.0 Å². The van der Waals surface area contributed by atoms with Crippen LogP contribution in [-0.4, -0.2) is 76.9 Å². The highest BCUT2D eigenvalue weighted by Crippen LogP contribution is 2.24. The number of nitrogens with one attached hydrogen (secondary N) is 2. The number of nitrogens with zero attached hydrogens (tertiary/aromatic N) is 8. The third-order valence-electron chi connectivity index (χ3n) is 5.52. The molecule has 14 nitrogen and oxygen atoms in total. The van der Waals surface area contributed by atoms with Gasteiger partial charge in [0.1, 0.15) is 12.4 Å². The first-order valence-electron chi connectivity index (χ1n) is 11.3. The van der Waals surface area contributed by atoms with Crippen molar-refractivity contribution < 1.29 is 9.53 Å². The van der Waals surface area contributed by atoms with E-state index < -0.39 is 11.2 Å². The van der Waals surface area contributed by atoms with E-state index in [2.05, 4.69) is 30.7 Å². The Kier molecular flexibility index (Phi) is 7.69. The number of thioether (sulfide) groups is 1. The van der Waals surface area contributed by atoms with E-state index in [1.165, 1.54) is 41.3 Å². The molecule has 15 heteroatoms. The van der Waals surface area contributed by atoms with Gasteiger partial charge in [0.25, 0.3) is 5.56 Å². The Hall–Kier alpha value is -3.72. The number of aryl methyl sites for hydroxylation is 1. The largest absolute Gasteiger partial charge is 0.383 e. The van der Waals surface area contributed by atoms with Crippen molar-refractivity contribution >= 4 is 45.7 Å². The van der Waals surface area contributed by atoms with Crippen LogP contribution in [0.25, 0.3) is 22.2 Å². The fourth-order valence-corrected chi connectivity index (χ4v) is 4.29. The summed E-state index contributed by atoms with van der Waals surface area (Å²) >= 11 is 1.53. The number of hydrogen-bond donors (Lipinski definition) is 2. The molecule has 0 radical (unpaired) electrons. The number of amides is 1. The number of ether oxygens (including phenoxy) is 1. The van der Waals surface area contributed by atoms with Crippen LogP contribution in [0.2, 0.25) is 0 Å². The molecular weight excluding hydrogens is 488 g/mol. The van der Waals surface area contributed by atoms with Gasteiger partial charge < -0.3 is 19.9 Å².